The lowest BCUT2D eigenvalue weighted by Crippen LogP contribution is -1.94. The molecule has 0 aliphatic heterocycles. The molecule has 2 heteroatoms. The molecule has 0 N–H and O–H groups in total. The van der Waals surface area contributed by atoms with E-state index in [0.29, 0.717) is 0 Å². The van der Waals surface area contributed by atoms with Gasteiger partial charge in [0, 0.05) is 27.6 Å². The zero-order chi connectivity index (χ0) is 32.1. The molecule has 0 aliphatic carbocycles. The Morgan fingerprint density at radius 1 is 0.362 bits per heavy atom. The second-order valence-corrected chi connectivity index (χ2v) is 12.9. The molecule has 0 spiro atoms. The van der Waals surface area contributed by atoms with Crippen LogP contribution in [0.2, 0.25) is 0 Å². The molecule has 0 fully saturated rings. The molecule has 2 aromatic heterocycles. The van der Waals surface area contributed by atoms with Crippen molar-refractivity contribution in [2.75, 3.05) is 0 Å². The van der Waals surface area contributed by atoms with Crippen LogP contribution in [0.4, 0.5) is 0 Å². The third kappa shape index (κ3) is 5.42. The van der Waals surface area contributed by atoms with E-state index in [1.54, 1.807) is 0 Å². The highest BCUT2D eigenvalue weighted by molar-refractivity contribution is 6.10. The Bertz CT molecular complexity index is 2320. The van der Waals surface area contributed by atoms with E-state index >= 15 is 0 Å². The highest BCUT2D eigenvalue weighted by Gasteiger charge is 2.15. The van der Waals surface area contributed by atoms with Crippen LogP contribution in [0.25, 0.3) is 72.3 Å². The lowest BCUT2D eigenvalue weighted by atomic mass is 9.96. The monoisotopic (exact) mass is 604 g/mol. The first-order valence-electron chi connectivity index (χ1n) is 16.3. The summed E-state index contributed by atoms with van der Waals surface area (Å²) < 4.78 is 2.39. The molecule has 2 nitrogen and oxygen atoms in total. The minimum atomic E-state index is 0.990. The number of rotatable bonds is 5. The molecule has 0 saturated heterocycles. The van der Waals surface area contributed by atoms with Crippen molar-refractivity contribution < 1.29 is 0 Å². The van der Waals surface area contributed by atoms with Crippen molar-refractivity contribution in [2.24, 2.45) is 0 Å². The second-order valence-electron chi connectivity index (χ2n) is 12.9. The number of para-hydroxylation sites is 1. The first kappa shape index (κ1) is 28.7. The maximum absolute atomic E-state index is 5.24. The summed E-state index contributed by atoms with van der Waals surface area (Å²) in [7, 11) is 0. The number of aryl methyl sites for hydroxylation is 4. The lowest BCUT2D eigenvalue weighted by Gasteiger charge is -2.13. The standard InChI is InChI=1S/C45H36N2/c1-29-20-30(2)23-37(22-29)42-27-36(28-43(46-42)38-24-31(3)21-32(4)25-38)35-16-19-45-41(26-35)40-12-8-9-13-44(40)47(45)39-17-14-34(15-18-39)33-10-6-5-7-11-33/h5-28H,1-4H3. The van der Waals surface area contributed by atoms with Crippen LogP contribution in [-0.4, -0.2) is 9.55 Å². The summed E-state index contributed by atoms with van der Waals surface area (Å²) in [5, 5.41) is 2.48. The minimum absolute atomic E-state index is 0.990. The third-order valence-corrected chi connectivity index (χ3v) is 9.10. The van der Waals surface area contributed by atoms with Gasteiger partial charge in [0.1, 0.15) is 0 Å². The molecule has 2 heterocycles. The van der Waals surface area contributed by atoms with Gasteiger partial charge in [0.15, 0.2) is 0 Å². The van der Waals surface area contributed by atoms with E-state index in [1.165, 1.54) is 60.8 Å². The fourth-order valence-corrected chi connectivity index (χ4v) is 7.10. The molecule has 0 bridgehead atoms. The number of hydrogen-bond acceptors (Lipinski definition) is 1. The average molecular weight is 605 g/mol. The van der Waals surface area contributed by atoms with Gasteiger partial charge in [0.2, 0.25) is 0 Å². The molecule has 8 rings (SSSR count). The zero-order valence-corrected chi connectivity index (χ0v) is 27.3. The maximum Gasteiger partial charge on any atom is 0.0715 e. The molecule has 8 aromatic rings. The molecule has 0 amide bonds. The van der Waals surface area contributed by atoms with E-state index < -0.39 is 0 Å². The molecular weight excluding hydrogens is 569 g/mol. The van der Waals surface area contributed by atoms with Crippen LogP contribution < -0.4 is 0 Å². The summed E-state index contributed by atoms with van der Waals surface area (Å²) >= 11 is 0. The summed E-state index contributed by atoms with van der Waals surface area (Å²) in [5.74, 6) is 0. The Morgan fingerprint density at radius 3 is 1.49 bits per heavy atom. The molecule has 0 atom stereocenters. The normalized spacial score (nSPS) is 11.4. The summed E-state index contributed by atoms with van der Waals surface area (Å²) in [6, 6.07) is 53.0. The second kappa shape index (κ2) is 11.6. The number of aromatic nitrogens is 2. The van der Waals surface area contributed by atoms with Gasteiger partial charge in [0.25, 0.3) is 0 Å². The van der Waals surface area contributed by atoms with Crippen LogP contribution in [-0.2, 0) is 0 Å². The maximum atomic E-state index is 5.24. The quantitative estimate of drug-likeness (QED) is 0.191. The average Bonchev–Trinajstić information content (AvgIpc) is 3.41. The van der Waals surface area contributed by atoms with Crippen molar-refractivity contribution in [3.8, 4) is 50.5 Å². The molecule has 0 aliphatic rings. The van der Waals surface area contributed by atoms with E-state index in [9.17, 15) is 0 Å². The Labute approximate surface area is 276 Å². The van der Waals surface area contributed by atoms with Crippen LogP contribution in [0.1, 0.15) is 22.3 Å². The molecule has 0 unspecified atom stereocenters. The number of benzene rings is 6. The number of nitrogens with zero attached hydrogens (tertiary/aromatic N) is 2. The molecular formula is C45H36N2. The van der Waals surface area contributed by atoms with Gasteiger partial charge in [-0.2, -0.15) is 0 Å². The van der Waals surface area contributed by atoms with Crippen molar-refractivity contribution in [1.29, 1.82) is 0 Å². The Hall–Kier alpha value is -5.73. The van der Waals surface area contributed by atoms with Crippen molar-refractivity contribution in [3.05, 3.63) is 168 Å². The predicted molar refractivity (Wildman–Crippen MR) is 199 cm³/mol. The number of hydrogen-bond donors (Lipinski definition) is 0. The molecule has 226 valence electrons. The Morgan fingerprint density at radius 2 is 0.872 bits per heavy atom. The van der Waals surface area contributed by atoms with Gasteiger partial charge in [-0.05, 0) is 117 Å². The Balaban J connectivity index is 1.30. The largest absolute Gasteiger partial charge is 0.309 e. The van der Waals surface area contributed by atoms with E-state index in [4.69, 9.17) is 4.98 Å². The lowest BCUT2D eigenvalue weighted by molar-refractivity contribution is 1.18. The van der Waals surface area contributed by atoms with E-state index in [1.807, 2.05) is 0 Å². The number of pyridine rings is 1. The third-order valence-electron chi connectivity index (χ3n) is 9.10. The van der Waals surface area contributed by atoms with Crippen molar-refractivity contribution in [3.63, 3.8) is 0 Å². The van der Waals surface area contributed by atoms with Crippen molar-refractivity contribution in [1.82, 2.24) is 9.55 Å². The van der Waals surface area contributed by atoms with Gasteiger partial charge in [-0.3, -0.25) is 0 Å². The number of fused-ring (bicyclic) bond motifs is 3. The minimum Gasteiger partial charge on any atom is -0.309 e. The van der Waals surface area contributed by atoms with E-state index in [0.717, 1.165) is 33.8 Å². The van der Waals surface area contributed by atoms with Crippen LogP contribution in [0, 0.1) is 27.7 Å². The van der Waals surface area contributed by atoms with Gasteiger partial charge in [0.05, 0.1) is 22.4 Å². The van der Waals surface area contributed by atoms with Crippen LogP contribution in [0.3, 0.4) is 0 Å². The highest BCUT2D eigenvalue weighted by atomic mass is 15.0. The van der Waals surface area contributed by atoms with Crippen molar-refractivity contribution >= 4 is 21.8 Å². The molecule has 47 heavy (non-hydrogen) atoms. The first-order valence-corrected chi connectivity index (χ1v) is 16.3. The first-order chi connectivity index (χ1) is 22.9. The van der Waals surface area contributed by atoms with Crippen LogP contribution >= 0.6 is 0 Å². The SMILES string of the molecule is Cc1cc(C)cc(-c2cc(-c3ccc4c(c3)c3ccccc3n4-c3ccc(-c4ccccc4)cc3)cc(-c3cc(C)cc(C)c3)n2)c1. The summed E-state index contributed by atoms with van der Waals surface area (Å²) in [6.07, 6.45) is 0. The van der Waals surface area contributed by atoms with Gasteiger partial charge in [-0.1, -0.05) is 101 Å². The van der Waals surface area contributed by atoms with E-state index in [2.05, 4.69) is 178 Å². The summed E-state index contributed by atoms with van der Waals surface area (Å²) in [5.41, 5.74) is 17.6. The summed E-state index contributed by atoms with van der Waals surface area (Å²) in [4.78, 5) is 5.24. The van der Waals surface area contributed by atoms with Gasteiger partial charge >= 0.3 is 0 Å². The predicted octanol–water partition coefficient (Wildman–Crippen LogP) is 12.1. The smallest absolute Gasteiger partial charge is 0.0715 e. The summed E-state index contributed by atoms with van der Waals surface area (Å²) in [6.45, 7) is 8.63. The van der Waals surface area contributed by atoms with E-state index in [-0.39, 0.29) is 0 Å². The molecule has 6 aromatic carbocycles. The van der Waals surface area contributed by atoms with Crippen molar-refractivity contribution in [2.45, 2.75) is 27.7 Å². The molecule has 0 radical (unpaired) electrons. The van der Waals surface area contributed by atoms with Crippen LogP contribution in [0.5, 0.6) is 0 Å². The topological polar surface area (TPSA) is 17.8 Å². The van der Waals surface area contributed by atoms with Gasteiger partial charge in [-0.15, -0.1) is 0 Å². The fraction of sp³-hybridized carbons (Fsp3) is 0.0889. The Kier molecular flexibility index (Phi) is 7.07. The molecule has 0 saturated carbocycles. The highest BCUT2D eigenvalue weighted by Crippen LogP contribution is 2.37. The fourth-order valence-electron chi connectivity index (χ4n) is 7.10. The zero-order valence-electron chi connectivity index (χ0n) is 27.3. The van der Waals surface area contributed by atoms with Gasteiger partial charge < -0.3 is 4.57 Å². The van der Waals surface area contributed by atoms with Gasteiger partial charge in [-0.25, -0.2) is 4.98 Å². The van der Waals surface area contributed by atoms with Crippen LogP contribution in [0.15, 0.2) is 146 Å².